The number of halogens is 1. The van der Waals surface area contributed by atoms with Gasteiger partial charge in [0.05, 0.1) is 21.7 Å². The Bertz CT molecular complexity index is 1270. The summed E-state index contributed by atoms with van der Waals surface area (Å²) in [5.74, 6) is 0. The molecule has 0 unspecified atom stereocenters. The molecule has 3 nitrogen and oxygen atoms in total. The summed E-state index contributed by atoms with van der Waals surface area (Å²) in [6.45, 7) is 6.12. The van der Waals surface area contributed by atoms with Crippen LogP contribution in [0.5, 0.6) is 0 Å². The third-order valence-electron chi connectivity index (χ3n) is 5.81. The van der Waals surface area contributed by atoms with Crippen molar-refractivity contribution >= 4 is 53.1 Å². The molecule has 33 heavy (non-hydrogen) atoms. The van der Waals surface area contributed by atoms with E-state index in [1.54, 1.807) is 0 Å². The van der Waals surface area contributed by atoms with E-state index in [0.717, 1.165) is 6.54 Å². The van der Waals surface area contributed by atoms with Gasteiger partial charge >= 0.3 is 0 Å². The Kier molecular flexibility index (Phi) is 6.71. The summed E-state index contributed by atoms with van der Waals surface area (Å²) < 4.78 is 3.81. The highest BCUT2D eigenvalue weighted by Gasteiger charge is 2.21. The molecule has 2 aliphatic heterocycles. The van der Waals surface area contributed by atoms with Gasteiger partial charge in [0.15, 0.2) is 0 Å². The number of hydrogen-bond acceptors (Lipinski definition) is 4. The Morgan fingerprint density at radius 3 is 2.58 bits per heavy atom. The normalized spacial score (nSPS) is 16.2. The van der Waals surface area contributed by atoms with Crippen molar-refractivity contribution in [1.29, 1.82) is 0 Å². The van der Waals surface area contributed by atoms with E-state index >= 15 is 0 Å². The van der Waals surface area contributed by atoms with Gasteiger partial charge in [0.2, 0.25) is 0 Å². The van der Waals surface area contributed by atoms with Crippen molar-refractivity contribution in [3.05, 3.63) is 95.7 Å². The zero-order valence-electron chi connectivity index (χ0n) is 18.8. The molecule has 5 rings (SSSR count). The smallest absolute Gasteiger partial charge is 0.0635 e. The van der Waals surface area contributed by atoms with Crippen molar-refractivity contribution in [1.82, 2.24) is 0 Å². The maximum atomic E-state index is 9.77. The first-order chi connectivity index (χ1) is 16.2. The van der Waals surface area contributed by atoms with Crippen molar-refractivity contribution in [3.63, 3.8) is 0 Å². The quantitative estimate of drug-likeness (QED) is 0.265. The molecule has 2 heterocycles. The van der Waals surface area contributed by atoms with E-state index < -0.39 is 21.0 Å². The van der Waals surface area contributed by atoms with Crippen LogP contribution in [-0.4, -0.2) is 27.6 Å². The molecule has 0 fully saturated rings. The molecule has 168 valence electrons. The fourth-order valence-corrected chi connectivity index (χ4v) is 8.94. The summed E-state index contributed by atoms with van der Waals surface area (Å²) in [7, 11) is 0. The van der Waals surface area contributed by atoms with Gasteiger partial charge in [-0.15, -0.1) is 0 Å². The zero-order valence-corrected chi connectivity index (χ0v) is 21.8. The average Bonchev–Trinajstić information content (AvgIpc) is 2.84. The van der Waals surface area contributed by atoms with Gasteiger partial charge in [0.25, 0.3) is 0 Å². The Morgan fingerprint density at radius 2 is 1.79 bits per heavy atom. The summed E-state index contributed by atoms with van der Waals surface area (Å²) >= 11 is 1.48. The highest BCUT2D eigenvalue weighted by atomic mass is 127. The lowest BCUT2D eigenvalue weighted by Crippen LogP contribution is -2.25. The third-order valence-corrected chi connectivity index (χ3v) is 10.2. The van der Waals surface area contributed by atoms with E-state index in [0.29, 0.717) is 6.54 Å². The molecule has 5 heteroatoms. The number of nitrogens with zero attached hydrogens (tertiary/aromatic N) is 2. The first-order valence-corrected chi connectivity index (χ1v) is 14.1. The van der Waals surface area contributed by atoms with Crippen molar-refractivity contribution in [2.75, 3.05) is 27.7 Å². The molecule has 3 aromatic carbocycles. The van der Waals surface area contributed by atoms with Crippen LogP contribution in [-0.2, 0) is 0 Å². The summed E-state index contributed by atoms with van der Waals surface area (Å²) in [6, 6.07) is 23.9. The Labute approximate surface area is 210 Å². The van der Waals surface area contributed by atoms with E-state index in [1.807, 2.05) is 11.8 Å². The lowest BCUT2D eigenvalue weighted by molar-refractivity contribution is 0.308. The highest BCUT2D eigenvalue weighted by molar-refractivity contribution is 14.2. The molecular weight excluding hydrogens is 539 g/mol. The SMILES string of the molecule is CCN1/C(=C/C2=IN(CCO)c3cc(-c4ccccc4)ccc3S2)C=Cc2cc(C)ccc21. The summed E-state index contributed by atoms with van der Waals surface area (Å²) in [6.07, 6.45) is 6.84. The minimum absolute atomic E-state index is 0.164. The molecule has 0 saturated heterocycles. The van der Waals surface area contributed by atoms with E-state index in [2.05, 4.69) is 107 Å². The van der Waals surface area contributed by atoms with Crippen LogP contribution < -0.4 is 8.01 Å². The zero-order chi connectivity index (χ0) is 22.8. The lowest BCUT2D eigenvalue weighted by Gasteiger charge is -2.31. The minimum atomic E-state index is -0.405. The monoisotopic (exact) mass is 566 g/mol. The number of thioether (sulfide) groups is 1. The van der Waals surface area contributed by atoms with E-state index in [-0.39, 0.29) is 6.61 Å². The Morgan fingerprint density at radius 1 is 0.939 bits per heavy atom. The molecule has 0 aliphatic carbocycles. The molecule has 2 aliphatic rings. The maximum absolute atomic E-state index is 9.77. The molecule has 3 aromatic rings. The second-order valence-electron chi connectivity index (χ2n) is 8.06. The van der Waals surface area contributed by atoms with Crippen LogP contribution in [0.4, 0.5) is 11.4 Å². The first-order valence-electron chi connectivity index (χ1n) is 11.2. The molecule has 0 amide bonds. The molecule has 0 bridgehead atoms. The van der Waals surface area contributed by atoms with Crippen LogP contribution >= 0.6 is 32.8 Å². The average molecular weight is 567 g/mol. The number of β-amino-alcohol motifs (C(OH)–C–C–N with tert-alkyl or cyclic N) is 1. The van der Waals surface area contributed by atoms with Crippen LogP contribution in [0.3, 0.4) is 0 Å². The lowest BCUT2D eigenvalue weighted by atomic mass is 10.0. The van der Waals surface area contributed by atoms with E-state index in [1.165, 1.54) is 47.1 Å². The summed E-state index contributed by atoms with van der Waals surface area (Å²) in [5, 5.41) is 9.77. The van der Waals surface area contributed by atoms with Gasteiger partial charge in [-0.1, -0.05) is 65.9 Å². The van der Waals surface area contributed by atoms with Crippen LogP contribution in [0.2, 0.25) is 0 Å². The van der Waals surface area contributed by atoms with Gasteiger partial charge in [-0.25, -0.2) is 0 Å². The Balaban J connectivity index is 1.49. The number of aliphatic hydroxyl groups excluding tert-OH is 1. The van der Waals surface area contributed by atoms with Crippen LogP contribution in [0.15, 0.2) is 89.5 Å². The molecular formula is C28H27IN2OS. The number of aryl methyl sites for hydroxylation is 1. The minimum Gasteiger partial charge on any atom is -0.395 e. The molecule has 0 saturated carbocycles. The number of hydrogen-bond donors (Lipinski definition) is 1. The second kappa shape index (κ2) is 9.87. The molecule has 0 radical (unpaired) electrons. The second-order valence-corrected chi connectivity index (χ2v) is 12.7. The van der Waals surface area contributed by atoms with Gasteiger partial charge in [0.1, 0.15) is 0 Å². The predicted octanol–water partition coefficient (Wildman–Crippen LogP) is 7.02. The van der Waals surface area contributed by atoms with Crippen molar-refractivity contribution in [3.8, 4) is 11.1 Å². The van der Waals surface area contributed by atoms with E-state index in [9.17, 15) is 5.11 Å². The van der Waals surface area contributed by atoms with Gasteiger partial charge in [-0.05, 0) is 67.0 Å². The number of benzene rings is 3. The first kappa shape index (κ1) is 22.4. The topological polar surface area (TPSA) is 26.7 Å². The van der Waals surface area contributed by atoms with Crippen LogP contribution in [0.1, 0.15) is 18.1 Å². The molecule has 0 atom stereocenters. The largest absolute Gasteiger partial charge is 0.395 e. The fourth-order valence-electron chi connectivity index (χ4n) is 4.23. The summed E-state index contributed by atoms with van der Waals surface area (Å²) in [5.41, 5.74) is 8.78. The van der Waals surface area contributed by atoms with Crippen molar-refractivity contribution in [2.24, 2.45) is 0 Å². The maximum Gasteiger partial charge on any atom is 0.0635 e. The standard InChI is InChI=1S/C28H27IN2OS/c1-3-30-24(12-10-23-17-20(2)9-13-25(23)30)19-28-29-31(15-16-32)26-18-22(11-14-27(26)33-28)21-7-5-4-6-8-21/h4-14,17-19,32H,3,15-16H2,1-2H3/b24-19+. The summed E-state index contributed by atoms with van der Waals surface area (Å²) in [4.78, 5) is 3.66. The van der Waals surface area contributed by atoms with Gasteiger partial charge in [0, 0.05) is 43.8 Å². The van der Waals surface area contributed by atoms with Crippen LogP contribution in [0.25, 0.3) is 17.2 Å². The van der Waals surface area contributed by atoms with Gasteiger partial charge in [-0.3, -0.25) is 0 Å². The Hall–Kier alpha value is -2.35. The number of allylic oxidation sites excluding steroid dienone is 1. The van der Waals surface area contributed by atoms with Gasteiger partial charge in [-0.2, -0.15) is 0 Å². The van der Waals surface area contributed by atoms with Crippen molar-refractivity contribution < 1.29 is 5.11 Å². The molecule has 0 spiro atoms. The number of rotatable bonds is 5. The number of anilines is 2. The van der Waals surface area contributed by atoms with Crippen molar-refractivity contribution in [2.45, 2.75) is 18.7 Å². The van der Waals surface area contributed by atoms with Crippen LogP contribution in [0, 0.1) is 6.92 Å². The number of fused-ring (bicyclic) bond motifs is 2. The number of aliphatic hydroxyl groups is 1. The van der Waals surface area contributed by atoms with Gasteiger partial charge < -0.3 is 13.1 Å². The third kappa shape index (κ3) is 4.67. The number of likely N-dealkylation sites (N-methyl/N-ethyl adjacent to an activating group) is 1. The predicted molar refractivity (Wildman–Crippen MR) is 153 cm³/mol. The molecule has 0 aromatic heterocycles. The van der Waals surface area contributed by atoms with E-state index in [4.69, 9.17) is 0 Å². The fraction of sp³-hybridized carbons (Fsp3) is 0.179. The highest BCUT2D eigenvalue weighted by Crippen LogP contribution is 2.44. The molecule has 1 N–H and O–H groups in total.